The first-order chi connectivity index (χ1) is 12.6. The van der Waals surface area contributed by atoms with Crippen molar-refractivity contribution in [1.82, 2.24) is 10.2 Å². The fourth-order valence-electron chi connectivity index (χ4n) is 2.70. The fourth-order valence-corrected chi connectivity index (χ4v) is 2.70. The number of morpholine rings is 1. The molecule has 1 N–H and O–H groups in total. The summed E-state index contributed by atoms with van der Waals surface area (Å²) in [5.74, 6) is -0.494. The normalized spacial score (nSPS) is 14.8. The van der Waals surface area contributed by atoms with E-state index in [9.17, 15) is 9.59 Å². The Labute approximate surface area is 153 Å². The van der Waals surface area contributed by atoms with E-state index in [1.807, 2.05) is 49.4 Å². The largest absolute Gasteiger partial charge is 0.378 e. The van der Waals surface area contributed by atoms with Gasteiger partial charge in [-0.2, -0.15) is 0 Å². The number of nitrogens with one attached hydrogen (secondary N) is 1. The third kappa shape index (κ3) is 4.58. The molecule has 1 heterocycles. The minimum Gasteiger partial charge on any atom is -0.378 e. The average Bonchev–Trinajstić information content (AvgIpc) is 2.69. The standard InChI is InChI=1S/C21H22N2O3/c1-16-7-9-18(10-8-16)20(24)22-19(15-17-5-3-2-4-6-17)21(25)23-11-13-26-14-12-23/h2-10,15H,11-14H2,1H3,(H,22,24)/b19-15+. The zero-order chi connectivity index (χ0) is 18.4. The van der Waals surface area contributed by atoms with Gasteiger partial charge in [0, 0.05) is 18.7 Å². The first kappa shape index (κ1) is 17.9. The molecule has 134 valence electrons. The van der Waals surface area contributed by atoms with Gasteiger partial charge in [0.15, 0.2) is 0 Å². The first-order valence-corrected chi connectivity index (χ1v) is 8.65. The quantitative estimate of drug-likeness (QED) is 0.863. The van der Waals surface area contributed by atoms with E-state index in [4.69, 9.17) is 4.74 Å². The van der Waals surface area contributed by atoms with Crippen molar-refractivity contribution in [2.75, 3.05) is 26.3 Å². The third-order valence-electron chi connectivity index (χ3n) is 4.20. The van der Waals surface area contributed by atoms with Crippen LogP contribution in [-0.4, -0.2) is 43.0 Å². The number of carbonyl (C=O) groups is 2. The van der Waals surface area contributed by atoms with E-state index in [-0.39, 0.29) is 17.5 Å². The van der Waals surface area contributed by atoms with Gasteiger partial charge in [0.1, 0.15) is 5.70 Å². The maximum atomic E-state index is 12.9. The van der Waals surface area contributed by atoms with Gasteiger partial charge in [-0.05, 0) is 30.7 Å². The lowest BCUT2D eigenvalue weighted by Gasteiger charge is -2.27. The van der Waals surface area contributed by atoms with Gasteiger partial charge in [-0.25, -0.2) is 0 Å². The monoisotopic (exact) mass is 350 g/mol. The van der Waals surface area contributed by atoms with Crippen molar-refractivity contribution in [3.8, 4) is 0 Å². The number of benzene rings is 2. The van der Waals surface area contributed by atoms with Gasteiger partial charge in [0.2, 0.25) is 0 Å². The van der Waals surface area contributed by atoms with E-state index in [0.717, 1.165) is 11.1 Å². The molecule has 1 saturated heterocycles. The molecule has 0 radical (unpaired) electrons. The molecule has 0 atom stereocenters. The van der Waals surface area contributed by atoms with Crippen LogP contribution in [0.25, 0.3) is 6.08 Å². The van der Waals surface area contributed by atoms with Crippen LogP contribution in [0.5, 0.6) is 0 Å². The molecule has 3 rings (SSSR count). The number of hydrogen-bond donors (Lipinski definition) is 1. The van der Waals surface area contributed by atoms with Crippen molar-refractivity contribution >= 4 is 17.9 Å². The zero-order valence-corrected chi connectivity index (χ0v) is 14.8. The number of amides is 2. The van der Waals surface area contributed by atoms with Gasteiger partial charge in [-0.1, -0.05) is 48.0 Å². The van der Waals surface area contributed by atoms with Crippen molar-refractivity contribution in [3.63, 3.8) is 0 Å². The molecule has 26 heavy (non-hydrogen) atoms. The Kier molecular flexibility index (Phi) is 5.81. The van der Waals surface area contributed by atoms with Crippen molar-refractivity contribution in [2.45, 2.75) is 6.92 Å². The molecule has 2 amide bonds. The van der Waals surface area contributed by atoms with E-state index in [1.165, 1.54) is 0 Å². The second-order valence-corrected chi connectivity index (χ2v) is 6.19. The van der Waals surface area contributed by atoms with Gasteiger partial charge >= 0.3 is 0 Å². The lowest BCUT2D eigenvalue weighted by atomic mass is 10.1. The highest BCUT2D eigenvalue weighted by molar-refractivity contribution is 6.05. The molecule has 0 aliphatic carbocycles. The molecule has 1 aliphatic rings. The van der Waals surface area contributed by atoms with Crippen LogP contribution >= 0.6 is 0 Å². The maximum Gasteiger partial charge on any atom is 0.270 e. The fraction of sp³-hybridized carbons (Fsp3) is 0.238. The number of hydrogen-bond acceptors (Lipinski definition) is 3. The lowest BCUT2D eigenvalue weighted by Crippen LogP contribution is -2.44. The zero-order valence-electron chi connectivity index (χ0n) is 14.8. The molecular formula is C21H22N2O3. The Hall–Kier alpha value is -2.92. The number of aryl methyl sites for hydroxylation is 1. The third-order valence-corrected chi connectivity index (χ3v) is 4.20. The molecule has 0 unspecified atom stereocenters. The van der Waals surface area contributed by atoms with Gasteiger partial charge < -0.3 is 15.0 Å². The van der Waals surface area contributed by atoms with Crippen LogP contribution in [-0.2, 0) is 9.53 Å². The molecule has 0 bridgehead atoms. The van der Waals surface area contributed by atoms with Gasteiger partial charge in [-0.15, -0.1) is 0 Å². The van der Waals surface area contributed by atoms with Crippen molar-refractivity contribution < 1.29 is 14.3 Å². The van der Waals surface area contributed by atoms with E-state index >= 15 is 0 Å². The maximum absolute atomic E-state index is 12.9. The SMILES string of the molecule is Cc1ccc(C(=O)N/C(=C/c2ccccc2)C(=O)N2CCOCC2)cc1. The molecular weight excluding hydrogens is 328 g/mol. The second kappa shape index (κ2) is 8.45. The van der Waals surface area contributed by atoms with Gasteiger partial charge in [0.25, 0.3) is 11.8 Å². The second-order valence-electron chi connectivity index (χ2n) is 6.19. The summed E-state index contributed by atoms with van der Waals surface area (Å²) in [4.78, 5) is 27.2. The summed E-state index contributed by atoms with van der Waals surface area (Å²) in [6.45, 7) is 4.02. The summed E-state index contributed by atoms with van der Waals surface area (Å²) in [7, 11) is 0. The van der Waals surface area contributed by atoms with Crippen LogP contribution in [0.15, 0.2) is 60.3 Å². The van der Waals surface area contributed by atoms with E-state index in [0.29, 0.717) is 31.9 Å². The van der Waals surface area contributed by atoms with E-state index in [2.05, 4.69) is 5.32 Å². The summed E-state index contributed by atoms with van der Waals surface area (Å²) in [5.41, 5.74) is 2.72. The van der Waals surface area contributed by atoms with Crippen molar-refractivity contribution in [3.05, 3.63) is 77.0 Å². The van der Waals surface area contributed by atoms with Crippen molar-refractivity contribution in [2.24, 2.45) is 0 Å². The highest BCUT2D eigenvalue weighted by atomic mass is 16.5. The first-order valence-electron chi connectivity index (χ1n) is 8.65. The topological polar surface area (TPSA) is 58.6 Å². The number of rotatable bonds is 4. The predicted molar refractivity (Wildman–Crippen MR) is 100 cm³/mol. The Morgan fingerprint density at radius 3 is 2.31 bits per heavy atom. The molecule has 0 saturated carbocycles. The average molecular weight is 350 g/mol. The Morgan fingerprint density at radius 1 is 1.00 bits per heavy atom. The van der Waals surface area contributed by atoms with Gasteiger partial charge in [0.05, 0.1) is 13.2 Å². The summed E-state index contributed by atoms with van der Waals surface area (Å²) >= 11 is 0. The molecule has 5 nitrogen and oxygen atoms in total. The number of carbonyl (C=O) groups excluding carboxylic acids is 2. The molecule has 0 spiro atoms. The highest BCUT2D eigenvalue weighted by Crippen LogP contribution is 2.11. The minimum atomic E-state index is -0.297. The summed E-state index contributed by atoms with van der Waals surface area (Å²) < 4.78 is 5.31. The molecule has 0 aromatic heterocycles. The summed E-state index contributed by atoms with van der Waals surface area (Å²) in [5, 5.41) is 2.79. The van der Waals surface area contributed by atoms with Gasteiger partial charge in [-0.3, -0.25) is 9.59 Å². The van der Waals surface area contributed by atoms with Crippen LogP contribution in [0, 0.1) is 6.92 Å². The van der Waals surface area contributed by atoms with Crippen LogP contribution in [0.2, 0.25) is 0 Å². The van der Waals surface area contributed by atoms with Crippen LogP contribution < -0.4 is 5.32 Å². The molecule has 5 heteroatoms. The highest BCUT2D eigenvalue weighted by Gasteiger charge is 2.22. The number of ether oxygens (including phenoxy) is 1. The smallest absolute Gasteiger partial charge is 0.270 e. The Balaban J connectivity index is 1.84. The summed E-state index contributed by atoms with van der Waals surface area (Å²) in [6, 6.07) is 16.7. The molecule has 2 aromatic carbocycles. The lowest BCUT2D eigenvalue weighted by molar-refractivity contribution is -0.131. The molecule has 1 aliphatic heterocycles. The van der Waals surface area contributed by atoms with Crippen molar-refractivity contribution in [1.29, 1.82) is 0 Å². The number of nitrogens with zero attached hydrogens (tertiary/aromatic N) is 1. The Morgan fingerprint density at radius 2 is 1.65 bits per heavy atom. The summed E-state index contributed by atoms with van der Waals surface area (Å²) in [6.07, 6.45) is 1.71. The molecule has 2 aromatic rings. The van der Waals surface area contributed by atoms with E-state index < -0.39 is 0 Å². The van der Waals surface area contributed by atoms with E-state index in [1.54, 1.807) is 23.1 Å². The van der Waals surface area contributed by atoms with Crippen LogP contribution in [0.3, 0.4) is 0 Å². The predicted octanol–water partition coefficient (Wildman–Crippen LogP) is 2.62. The van der Waals surface area contributed by atoms with Crippen LogP contribution in [0.1, 0.15) is 21.5 Å². The van der Waals surface area contributed by atoms with Crippen LogP contribution in [0.4, 0.5) is 0 Å². The Bertz CT molecular complexity index is 792. The minimum absolute atomic E-state index is 0.197. The molecule has 1 fully saturated rings.